The molecule has 1 aromatic carbocycles. The van der Waals surface area contributed by atoms with E-state index in [9.17, 15) is 4.79 Å². The first-order valence-corrected chi connectivity index (χ1v) is 7.48. The maximum atomic E-state index is 12.6. The van der Waals surface area contributed by atoms with Crippen molar-refractivity contribution in [2.75, 3.05) is 32.1 Å². The van der Waals surface area contributed by atoms with Crippen LogP contribution in [0.2, 0.25) is 0 Å². The predicted octanol–water partition coefficient (Wildman–Crippen LogP) is 2.72. The van der Waals surface area contributed by atoms with E-state index in [1.165, 1.54) is 5.56 Å². The number of nitrogens with one attached hydrogen (secondary N) is 1. The fraction of sp³-hybridized carbons (Fsp3) is 0.562. The number of carbonyl (C=O) groups excluding carboxylic acids is 1. The van der Waals surface area contributed by atoms with Gasteiger partial charge in [-0.05, 0) is 43.4 Å². The molecule has 1 atom stereocenters. The number of halogens is 1. The van der Waals surface area contributed by atoms with Crippen LogP contribution < -0.4 is 5.32 Å². The molecule has 116 valence electrons. The molecule has 2 aliphatic heterocycles. The Kier molecular flexibility index (Phi) is 5.48. The molecule has 1 fully saturated rings. The lowest BCUT2D eigenvalue weighted by atomic mass is 9.97. The summed E-state index contributed by atoms with van der Waals surface area (Å²) in [5, 5.41) is 3.37. The van der Waals surface area contributed by atoms with E-state index in [2.05, 4.69) is 11.4 Å². The summed E-state index contributed by atoms with van der Waals surface area (Å²) in [7, 11) is 1.87. The molecular formula is C16H23ClN2O2. The second kappa shape index (κ2) is 7.14. The van der Waals surface area contributed by atoms with Crippen molar-refractivity contribution in [1.82, 2.24) is 4.90 Å². The molecule has 5 heteroatoms. The van der Waals surface area contributed by atoms with Gasteiger partial charge in [0, 0.05) is 38.0 Å². The largest absolute Gasteiger partial charge is 0.385 e. The van der Waals surface area contributed by atoms with Gasteiger partial charge in [-0.3, -0.25) is 4.79 Å². The third-order valence-electron chi connectivity index (χ3n) is 4.17. The normalized spacial score (nSPS) is 20.1. The van der Waals surface area contributed by atoms with Crippen LogP contribution in [0.5, 0.6) is 0 Å². The highest BCUT2D eigenvalue weighted by Crippen LogP contribution is 2.26. The van der Waals surface area contributed by atoms with Crippen molar-refractivity contribution in [1.29, 1.82) is 0 Å². The van der Waals surface area contributed by atoms with Gasteiger partial charge < -0.3 is 15.0 Å². The second-order valence-corrected chi connectivity index (χ2v) is 5.68. The van der Waals surface area contributed by atoms with E-state index in [1.807, 2.05) is 19.2 Å². The van der Waals surface area contributed by atoms with Crippen molar-refractivity contribution in [3.05, 3.63) is 29.3 Å². The molecule has 1 saturated heterocycles. The van der Waals surface area contributed by atoms with E-state index < -0.39 is 0 Å². The Labute approximate surface area is 132 Å². The van der Waals surface area contributed by atoms with Gasteiger partial charge in [-0.1, -0.05) is 6.07 Å². The van der Waals surface area contributed by atoms with E-state index >= 15 is 0 Å². The number of rotatable bonds is 3. The molecule has 0 aromatic heterocycles. The summed E-state index contributed by atoms with van der Waals surface area (Å²) in [5.74, 6) is 0.112. The van der Waals surface area contributed by atoms with Crippen molar-refractivity contribution in [3.8, 4) is 0 Å². The average molecular weight is 311 g/mol. The van der Waals surface area contributed by atoms with Crippen LogP contribution in [0.1, 0.15) is 35.2 Å². The third kappa shape index (κ3) is 3.50. The van der Waals surface area contributed by atoms with Crippen LogP contribution in [0.4, 0.5) is 5.69 Å². The molecule has 2 aliphatic rings. The molecule has 21 heavy (non-hydrogen) atoms. The highest BCUT2D eigenvalue weighted by molar-refractivity contribution is 5.97. The summed E-state index contributed by atoms with van der Waals surface area (Å²) in [5.41, 5.74) is 3.13. The van der Waals surface area contributed by atoms with Gasteiger partial charge in [-0.25, -0.2) is 0 Å². The second-order valence-electron chi connectivity index (χ2n) is 5.68. The van der Waals surface area contributed by atoms with E-state index in [0.717, 1.165) is 50.1 Å². The molecule has 1 aromatic rings. The molecule has 0 radical (unpaired) electrons. The summed E-state index contributed by atoms with van der Waals surface area (Å²) in [4.78, 5) is 14.5. The number of amides is 1. The molecule has 1 N–H and O–H groups in total. The van der Waals surface area contributed by atoms with E-state index in [-0.39, 0.29) is 24.4 Å². The van der Waals surface area contributed by atoms with Gasteiger partial charge in [0.05, 0.1) is 6.10 Å². The highest BCUT2D eigenvalue weighted by atomic mass is 35.5. The maximum Gasteiger partial charge on any atom is 0.254 e. The van der Waals surface area contributed by atoms with Gasteiger partial charge >= 0.3 is 0 Å². The van der Waals surface area contributed by atoms with Crippen molar-refractivity contribution in [2.45, 2.75) is 31.8 Å². The molecule has 0 saturated carbocycles. The molecule has 1 amide bonds. The lowest BCUT2D eigenvalue weighted by Crippen LogP contribution is -2.35. The number of fused-ring (bicyclic) bond motifs is 1. The number of carbonyl (C=O) groups is 1. The summed E-state index contributed by atoms with van der Waals surface area (Å²) in [6.07, 6.45) is 4.45. The van der Waals surface area contributed by atoms with Gasteiger partial charge in [0.1, 0.15) is 0 Å². The first-order chi connectivity index (χ1) is 9.75. The van der Waals surface area contributed by atoms with Crippen LogP contribution in [-0.2, 0) is 11.2 Å². The highest BCUT2D eigenvalue weighted by Gasteiger charge is 2.23. The fourth-order valence-electron chi connectivity index (χ4n) is 3.09. The van der Waals surface area contributed by atoms with Crippen molar-refractivity contribution < 1.29 is 9.53 Å². The van der Waals surface area contributed by atoms with Crippen LogP contribution in [0.15, 0.2) is 18.2 Å². The number of hydrogen-bond donors (Lipinski definition) is 1. The zero-order valence-electron chi connectivity index (χ0n) is 12.4. The number of hydrogen-bond acceptors (Lipinski definition) is 3. The zero-order valence-corrected chi connectivity index (χ0v) is 13.2. The van der Waals surface area contributed by atoms with Crippen molar-refractivity contribution >= 4 is 24.0 Å². The molecule has 0 spiro atoms. The predicted molar refractivity (Wildman–Crippen MR) is 86.4 cm³/mol. The minimum absolute atomic E-state index is 0. The van der Waals surface area contributed by atoms with Gasteiger partial charge in [-0.15, -0.1) is 12.4 Å². The van der Waals surface area contributed by atoms with Gasteiger partial charge in [0.15, 0.2) is 0 Å². The summed E-state index contributed by atoms with van der Waals surface area (Å²) < 4.78 is 5.62. The summed E-state index contributed by atoms with van der Waals surface area (Å²) in [6, 6.07) is 5.97. The van der Waals surface area contributed by atoms with Crippen molar-refractivity contribution in [3.63, 3.8) is 0 Å². The number of anilines is 1. The molecular weight excluding hydrogens is 288 g/mol. The molecule has 0 bridgehead atoms. The molecule has 0 aliphatic carbocycles. The van der Waals surface area contributed by atoms with Gasteiger partial charge in [0.2, 0.25) is 0 Å². The number of ether oxygens (including phenoxy) is 1. The molecule has 4 nitrogen and oxygen atoms in total. The summed E-state index contributed by atoms with van der Waals surface area (Å²) >= 11 is 0. The molecule has 3 rings (SSSR count). The smallest absolute Gasteiger partial charge is 0.254 e. The third-order valence-corrected chi connectivity index (χ3v) is 4.17. The van der Waals surface area contributed by atoms with Gasteiger partial charge in [-0.2, -0.15) is 0 Å². The van der Waals surface area contributed by atoms with Crippen LogP contribution >= 0.6 is 12.4 Å². The summed E-state index contributed by atoms with van der Waals surface area (Å²) in [6.45, 7) is 2.52. The first-order valence-electron chi connectivity index (χ1n) is 7.48. The minimum atomic E-state index is 0. The maximum absolute atomic E-state index is 12.6. The Hall–Kier alpha value is -1.26. The molecule has 1 unspecified atom stereocenters. The quantitative estimate of drug-likeness (QED) is 0.933. The van der Waals surface area contributed by atoms with E-state index in [1.54, 1.807) is 4.90 Å². The van der Waals surface area contributed by atoms with Crippen molar-refractivity contribution in [2.24, 2.45) is 0 Å². The Balaban J connectivity index is 0.00000161. The minimum Gasteiger partial charge on any atom is -0.385 e. The zero-order chi connectivity index (χ0) is 13.9. The van der Waals surface area contributed by atoms with Crippen LogP contribution in [0.25, 0.3) is 0 Å². The number of likely N-dealkylation sites (N-methyl/N-ethyl adjacent to an activating group) is 1. The lowest BCUT2D eigenvalue weighted by Gasteiger charge is -2.25. The number of nitrogens with zero attached hydrogens (tertiary/aromatic N) is 1. The van der Waals surface area contributed by atoms with Crippen LogP contribution in [0, 0.1) is 0 Å². The monoisotopic (exact) mass is 310 g/mol. The van der Waals surface area contributed by atoms with E-state index in [4.69, 9.17) is 4.74 Å². The first kappa shape index (κ1) is 16.1. The number of benzene rings is 1. The SMILES string of the molecule is CN(CC1CCCO1)C(=O)c1cccc2c1CCCN2.Cl. The fourth-order valence-corrected chi connectivity index (χ4v) is 3.09. The standard InChI is InChI=1S/C16H22N2O2.ClH/c1-18(11-12-5-4-10-20-12)16(19)14-6-2-8-15-13(14)7-3-9-17-15;/h2,6,8,12,17H,3-5,7,9-11H2,1H3;1H. The Morgan fingerprint density at radius 2 is 2.29 bits per heavy atom. The topological polar surface area (TPSA) is 41.6 Å². The average Bonchev–Trinajstić information content (AvgIpc) is 2.99. The van der Waals surface area contributed by atoms with Crippen LogP contribution in [0.3, 0.4) is 0 Å². The Morgan fingerprint density at radius 1 is 1.43 bits per heavy atom. The Morgan fingerprint density at radius 3 is 3.05 bits per heavy atom. The van der Waals surface area contributed by atoms with Crippen LogP contribution in [-0.4, -0.2) is 43.7 Å². The lowest BCUT2D eigenvalue weighted by molar-refractivity contribution is 0.0586. The Bertz CT molecular complexity index is 501. The van der Waals surface area contributed by atoms with E-state index in [0.29, 0.717) is 6.54 Å². The van der Waals surface area contributed by atoms with Gasteiger partial charge in [0.25, 0.3) is 5.91 Å². The molecule has 2 heterocycles.